The standard InChI is InChI=1S/C12H13ClN2/c1-7-5-10-6-9(8(2)14)3-4-11(10)15-12(7)13/h3-6,8H,14H2,1-2H3. The van der Waals surface area contributed by atoms with Crippen LogP contribution in [0.4, 0.5) is 0 Å². The van der Waals surface area contributed by atoms with E-state index < -0.39 is 0 Å². The van der Waals surface area contributed by atoms with Gasteiger partial charge in [0.2, 0.25) is 0 Å². The molecule has 0 aliphatic rings. The zero-order valence-electron chi connectivity index (χ0n) is 8.79. The SMILES string of the molecule is Cc1cc2cc(C(C)N)ccc2nc1Cl. The van der Waals surface area contributed by atoms with E-state index in [2.05, 4.69) is 11.1 Å². The van der Waals surface area contributed by atoms with Gasteiger partial charge in [-0.1, -0.05) is 17.7 Å². The highest BCUT2D eigenvalue weighted by Crippen LogP contribution is 2.22. The number of pyridine rings is 1. The van der Waals surface area contributed by atoms with Gasteiger partial charge in [0.05, 0.1) is 5.52 Å². The third-order valence-corrected chi connectivity index (χ3v) is 2.88. The van der Waals surface area contributed by atoms with Gasteiger partial charge in [-0.3, -0.25) is 0 Å². The number of benzene rings is 1. The van der Waals surface area contributed by atoms with Crippen molar-refractivity contribution in [2.75, 3.05) is 0 Å². The molecule has 1 atom stereocenters. The van der Waals surface area contributed by atoms with Crippen LogP contribution in [0.2, 0.25) is 5.15 Å². The lowest BCUT2D eigenvalue weighted by molar-refractivity contribution is 0.820. The summed E-state index contributed by atoms with van der Waals surface area (Å²) >= 11 is 5.95. The summed E-state index contributed by atoms with van der Waals surface area (Å²) in [4.78, 5) is 4.30. The summed E-state index contributed by atoms with van der Waals surface area (Å²) in [5, 5.41) is 1.66. The van der Waals surface area contributed by atoms with Gasteiger partial charge in [0.15, 0.2) is 0 Å². The Bertz CT molecular complexity index is 506. The van der Waals surface area contributed by atoms with Gasteiger partial charge in [-0.05, 0) is 43.2 Å². The van der Waals surface area contributed by atoms with Crippen LogP contribution >= 0.6 is 11.6 Å². The molecule has 0 amide bonds. The van der Waals surface area contributed by atoms with Crippen LogP contribution in [0.15, 0.2) is 24.3 Å². The summed E-state index contributed by atoms with van der Waals surface area (Å²) in [5.41, 5.74) is 8.85. The fourth-order valence-electron chi connectivity index (χ4n) is 1.56. The van der Waals surface area contributed by atoms with Crippen molar-refractivity contribution in [3.8, 4) is 0 Å². The Morgan fingerprint density at radius 3 is 2.73 bits per heavy atom. The van der Waals surface area contributed by atoms with E-state index in [0.717, 1.165) is 22.0 Å². The second-order valence-corrected chi connectivity index (χ2v) is 4.19. The van der Waals surface area contributed by atoms with Crippen LogP contribution < -0.4 is 5.73 Å². The average molecular weight is 221 g/mol. The van der Waals surface area contributed by atoms with Crippen LogP contribution in [0.3, 0.4) is 0 Å². The Hall–Kier alpha value is -1.12. The molecule has 78 valence electrons. The van der Waals surface area contributed by atoms with Crippen molar-refractivity contribution in [2.24, 2.45) is 5.73 Å². The third-order valence-electron chi connectivity index (χ3n) is 2.49. The molecule has 15 heavy (non-hydrogen) atoms. The minimum atomic E-state index is 0.0467. The summed E-state index contributed by atoms with van der Waals surface area (Å²) in [6.07, 6.45) is 0. The number of aromatic nitrogens is 1. The first kappa shape index (κ1) is 10.4. The fourth-order valence-corrected chi connectivity index (χ4v) is 1.71. The lowest BCUT2D eigenvalue weighted by atomic mass is 10.1. The lowest BCUT2D eigenvalue weighted by Crippen LogP contribution is -2.04. The predicted octanol–water partition coefficient (Wildman–Crippen LogP) is 3.22. The van der Waals surface area contributed by atoms with Crippen molar-refractivity contribution < 1.29 is 0 Å². The zero-order valence-corrected chi connectivity index (χ0v) is 9.55. The van der Waals surface area contributed by atoms with E-state index in [0.29, 0.717) is 5.15 Å². The maximum absolute atomic E-state index is 5.95. The highest BCUT2D eigenvalue weighted by Gasteiger charge is 2.04. The van der Waals surface area contributed by atoms with E-state index in [9.17, 15) is 0 Å². The zero-order chi connectivity index (χ0) is 11.0. The van der Waals surface area contributed by atoms with Gasteiger partial charge in [-0.2, -0.15) is 0 Å². The molecular weight excluding hydrogens is 208 g/mol. The predicted molar refractivity (Wildman–Crippen MR) is 64.1 cm³/mol. The van der Waals surface area contributed by atoms with Crippen LogP contribution in [0.1, 0.15) is 24.1 Å². The third kappa shape index (κ3) is 1.96. The van der Waals surface area contributed by atoms with E-state index in [1.165, 1.54) is 0 Å². The summed E-state index contributed by atoms with van der Waals surface area (Å²) in [6.45, 7) is 3.92. The van der Waals surface area contributed by atoms with Gasteiger partial charge in [0.1, 0.15) is 5.15 Å². The van der Waals surface area contributed by atoms with Gasteiger partial charge < -0.3 is 5.73 Å². The monoisotopic (exact) mass is 220 g/mol. The Kier molecular flexibility index (Phi) is 2.63. The average Bonchev–Trinajstić information content (AvgIpc) is 2.19. The molecule has 2 aromatic rings. The molecule has 2 N–H and O–H groups in total. The molecule has 0 aliphatic heterocycles. The maximum Gasteiger partial charge on any atom is 0.132 e. The van der Waals surface area contributed by atoms with Crippen molar-refractivity contribution in [2.45, 2.75) is 19.9 Å². The van der Waals surface area contributed by atoms with Crippen molar-refractivity contribution in [1.82, 2.24) is 4.98 Å². The Balaban J connectivity index is 2.66. The van der Waals surface area contributed by atoms with Crippen molar-refractivity contribution in [3.63, 3.8) is 0 Å². The van der Waals surface area contributed by atoms with Gasteiger partial charge in [0.25, 0.3) is 0 Å². The largest absolute Gasteiger partial charge is 0.324 e. The van der Waals surface area contributed by atoms with Gasteiger partial charge >= 0.3 is 0 Å². The second-order valence-electron chi connectivity index (χ2n) is 3.84. The maximum atomic E-state index is 5.95. The molecule has 2 rings (SSSR count). The topological polar surface area (TPSA) is 38.9 Å². The highest BCUT2D eigenvalue weighted by molar-refractivity contribution is 6.30. The number of halogens is 1. The number of fused-ring (bicyclic) bond motifs is 1. The lowest BCUT2D eigenvalue weighted by Gasteiger charge is -2.07. The molecule has 0 radical (unpaired) electrons. The number of hydrogen-bond acceptors (Lipinski definition) is 2. The smallest absolute Gasteiger partial charge is 0.132 e. The first-order chi connectivity index (χ1) is 7.08. The minimum absolute atomic E-state index is 0.0467. The minimum Gasteiger partial charge on any atom is -0.324 e. The molecule has 0 aliphatic carbocycles. The first-order valence-corrected chi connectivity index (χ1v) is 5.28. The summed E-state index contributed by atoms with van der Waals surface area (Å²) in [6, 6.07) is 8.10. The number of aryl methyl sites for hydroxylation is 1. The Morgan fingerprint density at radius 2 is 2.07 bits per heavy atom. The number of nitrogens with two attached hydrogens (primary N) is 1. The summed E-state index contributed by atoms with van der Waals surface area (Å²) in [7, 11) is 0. The molecule has 1 aromatic heterocycles. The number of rotatable bonds is 1. The molecule has 1 aromatic carbocycles. The van der Waals surface area contributed by atoms with Crippen LogP contribution in [-0.4, -0.2) is 4.98 Å². The molecule has 0 spiro atoms. The molecule has 0 saturated carbocycles. The van der Waals surface area contributed by atoms with Crippen LogP contribution in [0, 0.1) is 6.92 Å². The molecule has 1 unspecified atom stereocenters. The normalized spacial score (nSPS) is 13.1. The van der Waals surface area contributed by atoms with Crippen molar-refractivity contribution in [1.29, 1.82) is 0 Å². The second kappa shape index (κ2) is 3.80. The van der Waals surface area contributed by atoms with E-state index in [1.807, 2.05) is 32.0 Å². The molecule has 0 fully saturated rings. The van der Waals surface area contributed by atoms with Crippen molar-refractivity contribution >= 4 is 22.5 Å². The Labute approximate surface area is 94.1 Å². The summed E-state index contributed by atoms with van der Waals surface area (Å²) < 4.78 is 0. The molecule has 0 saturated heterocycles. The van der Waals surface area contributed by atoms with E-state index in [1.54, 1.807) is 0 Å². The summed E-state index contributed by atoms with van der Waals surface area (Å²) in [5.74, 6) is 0. The van der Waals surface area contributed by atoms with Gasteiger partial charge in [-0.15, -0.1) is 0 Å². The van der Waals surface area contributed by atoms with Crippen molar-refractivity contribution in [3.05, 3.63) is 40.5 Å². The number of hydrogen-bond donors (Lipinski definition) is 1. The molecule has 0 bridgehead atoms. The van der Waals surface area contributed by atoms with Gasteiger partial charge in [-0.25, -0.2) is 4.98 Å². The fraction of sp³-hybridized carbons (Fsp3) is 0.250. The highest BCUT2D eigenvalue weighted by atomic mass is 35.5. The quantitative estimate of drug-likeness (QED) is 0.750. The van der Waals surface area contributed by atoms with E-state index in [-0.39, 0.29) is 6.04 Å². The van der Waals surface area contributed by atoms with Gasteiger partial charge in [0, 0.05) is 11.4 Å². The number of nitrogens with zero attached hydrogens (tertiary/aromatic N) is 1. The van der Waals surface area contributed by atoms with E-state index >= 15 is 0 Å². The van der Waals surface area contributed by atoms with Crippen LogP contribution in [-0.2, 0) is 0 Å². The first-order valence-electron chi connectivity index (χ1n) is 4.90. The van der Waals surface area contributed by atoms with E-state index in [4.69, 9.17) is 17.3 Å². The molecule has 2 nitrogen and oxygen atoms in total. The molecular formula is C12H13ClN2. The molecule has 3 heteroatoms. The Morgan fingerprint density at radius 1 is 1.33 bits per heavy atom. The molecule has 1 heterocycles. The van der Waals surface area contributed by atoms with Crippen LogP contribution in [0.5, 0.6) is 0 Å². The van der Waals surface area contributed by atoms with Crippen LogP contribution in [0.25, 0.3) is 10.9 Å².